The van der Waals surface area contributed by atoms with Gasteiger partial charge >= 0.3 is 0 Å². The summed E-state index contributed by atoms with van der Waals surface area (Å²) < 4.78 is 49.8. The molecule has 0 bridgehead atoms. The van der Waals surface area contributed by atoms with E-state index in [0.717, 1.165) is 12.8 Å². The number of carbonyl (C=O) groups is 1. The number of sulfonamides is 1. The number of amides is 1. The first-order chi connectivity index (χ1) is 10.8. The van der Waals surface area contributed by atoms with Crippen molar-refractivity contribution in [2.24, 2.45) is 0 Å². The lowest BCUT2D eigenvalue weighted by Crippen LogP contribution is -2.43. The number of hydrogen-bond acceptors (Lipinski definition) is 5. The molecule has 126 valence electrons. The molecule has 7 nitrogen and oxygen atoms in total. The number of nitrogens with zero attached hydrogens (tertiary/aromatic N) is 1. The molecule has 0 spiro atoms. The van der Waals surface area contributed by atoms with Gasteiger partial charge in [-0.1, -0.05) is 6.07 Å². The fraction of sp³-hybridized carbons (Fsp3) is 0.500. The van der Waals surface area contributed by atoms with Gasteiger partial charge in [0, 0.05) is 24.7 Å². The zero-order valence-electron chi connectivity index (χ0n) is 12.4. The maximum atomic E-state index is 12.4. The highest BCUT2D eigenvalue weighted by Gasteiger charge is 2.29. The van der Waals surface area contributed by atoms with Crippen molar-refractivity contribution in [1.82, 2.24) is 9.62 Å². The fourth-order valence-corrected chi connectivity index (χ4v) is 4.93. The number of hydrogen-bond donors (Lipinski definition) is 1. The number of carbonyl (C=O) groups excluding carboxylic acids is 1. The van der Waals surface area contributed by atoms with Crippen molar-refractivity contribution in [3.05, 3.63) is 29.8 Å². The molecule has 2 fully saturated rings. The first kappa shape index (κ1) is 16.4. The Labute approximate surface area is 135 Å². The quantitative estimate of drug-likeness (QED) is 0.816. The lowest BCUT2D eigenvalue weighted by Gasteiger charge is -2.26. The second kappa shape index (κ2) is 5.88. The minimum Gasteiger partial charge on any atom is -0.337 e. The van der Waals surface area contributed by atoms with Gasteiger partial charge in [-0.2, -0.15) is 0 Å². The minimum atomic E-state index is -3.62. The van der Waals surface area contributed by atoms with Gasteiger partial charge in [0.2, 0.25) is 10.0 Å². The highest BCUT2D eigenvalue weighted by molar-refractivity contribution is 7.91. The van der Waals surface area contributed by atoms with Gasteiger partial charge in [-0.25, -0.2) is 21.6 Å². The molecule has 1 saturated heterocycles. The molecular weight excluding hydrogens is 340 g/mol. The average molecular weight is 358 g/mol. The lowest BCUT2D eigenvalue weighted by molar-refractivity contribution is 0.0770. The highest BCUT2D eigenvalue weighted by atomic mass is 32.2. The number of rotatable bonds is 4. The van der Waals surface area contributed by atoms with Crippen molar-refractivity contribution in [2.45, 2.75) is 23.8 Å². The lowest BCUT2D eigenvalue weighted by atomic mass is 10.2. The molecule has 2 aliphatic rings. The van der Waals surface area contributed by atoms with Gasteiger partial charge in [-0.3, -0.25) is 4.79 Å². The van der Waals surface area contributed by atoms with E-state index in [4.69, 9.17) is 0 Å². The van der Waals surface area contributed by atoms with Crippen LogP contribution in [-0.4, -0.2) is 58.3 Å². The van der Waals surface area contributed by atoms with E-state index in [1.807, 2.05) is 0 Å². The minimum absolute atomic E-state index is 0.00772. The summed E-state index contributed by atoms with van der Waals surface area (Å²) in [5.74, 6) is -0.455. The number of benzene rings is 1. The number of nitrogens with one attached hydrogen (secondary N) is 1. The van der Waals surface area contributed by atoms with Gasteiger partial charge in [0.1, 0.15) is 0 Å². The van der Waals surface area contributed by atoms with Gasteiger partial charge in [0.25, 0.3) is 5.91 Å². The maximum absolute atomic E-state index is 12.4. The Kier molecular flexibility index (Phi) is 4.19. The topological polar surface area (TPSA) is 101 Å². The van der Waals surface area contributed by atoms with E-state index in [-0.39, 0.29) is 47.0 Å². The molecule has 23 heavy (non-hydrogen) atoms. The molecule has 1 aliphatic heterocycles. The monoisotopic (exact) mass is 358 g/mol. The van der Waals surface area contributed by atoms with Gasteiger partial charge in [0.05, 0.1) is 16.4 Å². The third-order valence-electron chi connectivity index (χ3n) is 3.92. The Morgan fingerprint density at radius 2 is 1.83 bits per heavy atom. The molecule has 1 aromatic carbocycles. The Morgan fingerprint density at radius 1 is 1.17 bits per heavy atom. The van der Waals surface area contributed by atoms with E-state index < -0.39 is 19.9 Å². The molecule has 1 amide bonds. The normalized spacial score (nSPS) is 21.1. The van der Waals surface area contributed by atoms with Crippen LogP contribution in [0, 0.1) is 0 Å². The van der Waals surface area contributed by atoms with E-state index in [9.17, 15) is 21.6 Å². The smallest absolute Gasteiger partial charge is 0.253 e. The predicted octanol–water partition coefficient (Wildman–Crippen LogP) is -0.00210. The molecule has 0 atom stereocenters. The molecule has 1 aliphatic carbocycles. The Balaban J connectivity index is 1.78. The third-order valence-corrected chi connectivity index (χ3v) is 7.05. The summed E-state index contributed by atoms with van der Waals surface area (Å²) in [6, 6.07) is 5.85. The molecule has 3 rings (SSSR count). The van der Waals surface area contributed by atoms with Crippen LogP contribution in [0.25, 0.3) is 0 Å². The predicted molar refractivity (Wildman–Crippen MR) is 84.3 cm³/mol. The summed E-state index contributed by atoms with van der Waals surface area (Å²) in [6.07, 6.45) is 1.67. The van der Waals surface area contributed by atoms with Crippen molar-refractivity contribution in [3.63, 3.8) is 0 Å². The van der Waals surface area contributed by atoms with Crippen molar-refractivity contribution in [2.75, 3.05) is 24.6 Å². The number of sulfone groups is 1. The molecule has 1 N–H and O–H groups in total. The zero-order valence-corrected chi connectivity index (χ0v) is 14.1. The van der Waals surface area contributed by atoms with Crippen LogP contribution < -0.4 is 4.72 Å². The Hall–Kier alpha value is -1.45. The highest BCUT2D eigenvalue weighted by Crippen LogP contribution is 2.23. The largest absolute Gasteiger partial charge is 0.337 e. The standard InChI is InChI=1S/C14H18N2O5S2/c17-14(16-6-8-22(18,19)9-7-16)11-2-1-3-13(10-11)23(20,21)15-12-4-5-12/h1-3,10,12,15H,4-9H2. The van der Waals surface area contributed by atoms with Gasteiger partial charge < -0.3 is 4.90 Å². The second-order valence-corrected chi connectivity index (χ2v) is 9.89. The summed E-state index contributed by atoms with van der Waals surface area (Å²) >= 11 is 0. The van der Waals surface area contributed by atoms with Crippen molar-refractivity contribution >= 4 is 25.8 Å². The molecule has 1 saturated carbocycles. The van der Waals surface area contributed by atoms with Crippen LogP contribution in [0.4, 0.5) is 0 Å². The van der Waals surface area contributed by atoms with E-state index in [0.29, 0.717) is 0 Å². The van der Waals surface area contributed by atoms with Crippen molar-refractivity contribution < 1.29 is 21.6 Å². The van der Waals surface area contributed by atoms with E-state index >= 15 is 0 Å². The maximum Gasteiger partial charge on any atom is 0.253 e. The van der Waals surface area contributed by atoms with Gasteiger partial charge in [-0.15, -0.1) is 0 Å². The van der Waals surface area contributed by atoms with Gasteiger partial charge in [-0.05, 0) is 31.0 Å². The van der Waals surface area contributed by atoms with Crippen LogP contribution in [-0.2, 0) is 19.9 Å². The van der Waals surface area contributed by atoms with Crippen molar-refractivity contribution in [3.8, 4) is 0 Å². The molecular formula is C14H18N2O5S2. The third kappa shape index (κ3) is 3.91. The SMILES string of the molecule is O=C(c1cccc(S(=O)(=O)NC2CC2)c1)N1CCS(=O)(=O)CC1. The van der Waals surface area contributed by atoms with Crippen LogP contribution in [0.3, 0.4) is 0 Å². The summed E-state index contributed by atoms with van der Waals surface area (Å²) in [6.45, 7) is 0.275. The van der Waals surface area contributed by atoms with E-state index in [1.54, 1.807) is 6.07 Å². The van der Waals surface area contributed by atoms with Crippen molar-refractivity contribution in [1.29, 1.82) is 0 Å². The van der Waals surface area contributed by atoms with Crippen LogP contribution in [0.1, 0.15) is 23.2 Å². The van der Waals surface area contributed by atoms with E-state index in [2.05, 4.69) is 4.72 Å². The van der Waals surface area contributed by atoms with Gasteiger partial charge in [0.15, 0.2) is 9.84 Å². The van der Waals surface area contributed by atoms with E-state index in [1.165, 1.54) is 23.1 Å². The first-order valence-electron chi connectivity index (χ1n) is 7.39. The summed E-state index contributed by atoms with van der Waals surface area (Å²) in [7, 11) is -6.69. The van der Waals surface area contributed by atoms with Crippen LogP contribution >= 0.6 is 0 Å². The summed E-state index contributed by atoms with van der Waals surface area (Å²) in [5.41, 5.74) is 0.253. The first-order valence-corrected chi connectivity index (χ1v) is 10.7. The summed E-state index contributed by atoms with van der Waals surface area (Å²) in [4.78, 5) is 13.9. The summed E-state index contributed by atoms with van der Waals surface area (Å²) in [5, 5.41) is 0. The fourth-order valence-electron chi connectivity index (χ4n) is 2.38. The molecule has 9 heteroatoms. The molecule has 0 aromatic heterocycles. The average Bonchev–Trinajstić information content (AvgIpc) is 3.30. The van der Waals surface area contributed by atoms with Crippen LogP contribution in [0.2, 0.25) is 0 Å². The molecule has 0 unspecified atom stereocenters. The zero-order chi connectivity index (χ0) is 16.7. The molecule has 0 radical (unpaired) electrons. The molecule has 1 heterocycles. The molecule has 1 aromatic rings. The van der Waals surface area contributed by atoms with Crippen LogP contribution in [0.5, 0.6) is 0 Å². The van der Waals surface area contributed by atoms with Crippen LogP contribution in [0.15, 0.2) is 29.2 Å². The second-order valence-electron chi connectivity index (χ2n) is 5.87. The Bertz CT molecular complexity index is 814. The Morgan fingerprint density at radius 3 is 2.43 bits per heavy atom.